The minimum atomic E-state index is -3.88. The van der Waals surface area contributed by atoms with Gasteiger partial charge in [0.05, 0.1) is 11.3 Å². The van der Waals surface area contributed by atoms with Crippen LogP contribution in [0, 0.1) is 20.8 Å². The predicted octanol–water partition coefficient (Wildman–Crippen LogP) is 5.14. The summed E-state index contributed by atoms with van der Waals surface area (Å²) in [6.07, 6.45) is 1.36. The minimum Gasteiger partial charge on any atom is -0.477 e. The number of aryl methyl sites for hydroxylation is 3. The molecule has 0 bridgehead atoms. The number of carboxylic acid groups (broad SMARTS) is 1. The number of carbonyl (C=O) groups is 2. The molecule has 3 aromatic carbocycles. The Bertz CT molecular complexity index is 1720. The second-order valence-electron chi connectivity index (χ2n) is 10.3. The number of benzene rings is 3. The van der Waals surface area contributed by atoms with Gasteiger partial charge >= 0.3 is 12.0 Å². The fourth-order valence-corrected chi connectivity index (χ4v) is 6.75. The molecule has 0 saturated carbocycles. The van der Waals surface area contributed by atoms with Crippen LogP contribution in [0.15, 0.2) is 94.3 Å². The molecule has 0 unspecified atom stereocenters. The topological polar surface area (TPSA) is 144 Å². The van der Waals surface area contributed by atoms with E-state index >= 15 is 0 Å². The van der Waals surface area contributed by atoms with E-state index in [4.69, 9.17) is 9.94 Å². The zero-order valence-corrected chi connectivity index (χ0v) is 26.1. The van der Waals surface area contributed by atoms with Gasteiger partial charge in [-0.25, -0.2) is 23.0 Å². The summed E-state index contributed by atoms with van der Waals surface area (Å²) in [5.41, 5.74) is 3.24. The lowest BCUT2D eigenvalue weighted by Gasteiger charge is -2.27. The standard InChI is InChI=1S/C16H22N4O3S.C16H13NO3/c1-6-19(7-2)16(21)20-10-17-15(18-20)24(22,23)14-12(4)8-11(3)9-13(14)5;18-15(19)14-11-16(20-17-14,12-7-3-1-4-8-12)13-9-5-2-6-10-13/h8-10H,6-7H2,1-5H3;1-10H,11H2,(H,18,19). The first kappa shape index (κ1) is 32.1. The van der Waals surface area contributed by atoms with Crippen molar-refractivity contribution < 1.29 is 28.0 Å². The second kappa shape index (κ2) is 13.2. The Kier molecular flexibility index (Phi) is 9.63. The van der Waals surface area contributed by atoms with E-state index in [-0.39, 0.29) is 22.2 Å². The first-order valence-corrected chi connectivity index (χ1v) is 15.6. The number of nitrogens with zero attached hydrogens (tertiary/aromatic N) is 5. The molecule has 0 spiro atoms. The van der Waals surface area contributed by atoms with E-state index in [1.165, 1.54) is 4.90 Å². The molecule has 11 nitrogen and oxygen atoms in total. The number of carbonyl (C=O) groups excluding carboxylic acids is 1. The van der Waals surface area contributed by atoms with Crippen LogP contribution in [-0.4, -0.2) is 64.0 Å². The number of aromatic nitrogens is 3. The summed E-state index contributed by atoms with van der Waals surface area (Å²) in [6, 6.07) is 22.4. The smallest absolute Gasteiger partial charge is 0.353 e. The highest BCUT2D eigenvalue weighted by molar-refractivity contribution is 7.91. The first-order chi connectivity index (χ1) is 20.9. The molecule has 2 heterocycles. The van der Waals surface area contributed by atoms with Crippen LogP contribution in [0.5, 0.6) is 0 Å². The Labute approximate surface area is 256 Å². The lowest BCUT2D eigenvalue weighted by atomic mass is 9.82. The highest BCUT2D eigenvalue weighted by Gasteiger charge is 2.44. The SMILES string of the molecule is CCN(CC)C(=O)n1cnc(S(=O)(=O)c2c(C)cc(C)cc2C)n1.O=C(O)C1=NOC(c2ccccc2)(c2ccccc2)C1. The summed E-state index contributed by atoms with van der Waals surface area (Å²) >= 11 is 0. The molecule has 44 heavy (non-hydrogen) atoms. The third-order valence-corrected chi connectivity index (χ3v) is 9.12. The molecule has 0 fully saturated rings. The summed E-state index contributed by atoms with van der Waals surface area (Å²) < 4.78 is 26.7. The molecule has 1 aliphatic rings. The Morgan fingerprint density at radius 2 is 1.45 bits per heavy atom. The number of carboxylic acids is 1. The number of sulfone groups is 1. The molecule has 1 aromatic heterocycles. The van der Waals surface area contributed by atoms with E-state index in [1.54, 1.807) is 26.0 Å². The summed E-state index contributed by atoms with van der Waals surface area (Å²) in [5.74, 6) is -1.04. The van der Waals surface area contributed by atoms with Gasteiger partial charge in [0.1, 0.15) is 6.33 Å². The van der Waals surface area contributed by atoms with Gasteiger partial charge < -0.3 is 14.8 Å². The van der Waals surface area contributed by atoms with E-state index < -0.39 is 27.4 Å². The molecule has 1 amide bonds. The molecule has 0 radical (unpaired) electrons. The molecule has 4 aromatic rings. The van der Waals surface area contributed by atoms with Crippen LogP contribution < -0.4 is 0 Å². The number of oxime groups is 1. The fourth-order valence-electron chi connectivity index (χ4n) is 5.22. The molecule has 230 valence electrons. The largest absolute Gasteiger partial charge is 0.477 e. The van der Waals surface area contributed by atoms with Gasteiger partial charge in [-0.1, -0.05) is 83.5 Å². The van der Waals surface area contributed by atoms with Crippen LogP contribution in [0.2, 0.25) is 0 Å². The minimum absolute atomic E-state index is 0.0395. The first-order valence-electron chi connectivity index (χ1n) is 14.1. The molecular weight excluding hydrogens is 582 g/mol. The highest BCUT2D eigenvalue weighted by Crippen LogP contribution is 2.41. The van der Waals surface area contributed by atoms with Crippen molar-refractivity contribution in [2.45, 2.75) is 56.7 Å². The van der Waals surface area contributed by atoms with Crippen LogP contribution in [0.25, 0.3) is 0 Å². The highest BCUT2D eigenvalue weighted by atomic mass is 32.2. The van der Waals surface area contributed by atoms with Crippen molar-refractivity contribution in [1.29, 1.82) is 0 Å². The summed E-state index contributed by atoms with van der Waals surface area (Å²) in [7, 11) is -3.88. The molecule has 0 atom stereocenters. The van der Waals surface area contributed by atoms with Gasteiger partial charge in [-0.2, -0.15) is 4.68 Å². The third kappa shape index (κ3) is 6.40. The van der Waals surface area contributed by atoms with Crippen LogP contribution in [0.3, 0.4) is 0 Å². The van der Waals surface area contributed by atoms with Crippen LogP contribution in [0.4, 0.5) is 4.79 Å². The molecule has 1 N–H and O–H groups in total. The van der Waals surface area contributed by atoms with Crippen molar-refractivity contribution in [1.82, 2.24) is 19.7 Å². The average molecular weight is 618 g/mol. The zero-order valence-electron chi connectivity index (χ0n) is 25.3. The molecule has 1 aliphatic heterocycles. The molecule has 12 heteroatoms. The monoisotopic (exact) mass is 617 g/mol. The third-order valence-electron chi connectivity index (χ3n) is 7.27. The van der Waals surface area contributed by atoms with Crippen molar-refractivity contribution in [2.75, 3.05) is 13.1 Å². The predicted molar refractivity (Wildman–Crippen MR) is 164 cm³/mol. The fraction of sp³-hybridized carbons (Fsp3) is 0.281. The maximum absolute atomic E-state index is 12.9. The van der Waals surface area contributed by atoms with E-state index in [9.17, 15) is 18.0 Å². The summed E-state index contributed by atoms with van der Waals surface area (Å²) in [6.45, 7) is 10.1. The number of hydrogen-bond donors (Lipinski definition) is 1. The molecule has 0 saturated heterocycles. The number of aliphatic carboxylic acids is 1. The van der Waals surface area contributed by atoms with Gasteiger partial charge in [-0.05, 0) is 45.7 Å². The van der Waals surface area contributed by atoms with Gasteiger partial charge in [0.2, 0.25) is 9.84 Å². The van der Waals surface area contributed by atoms with Crippen molar-refractivity contribution in [3.63, 3.8) is 0 Å². The Morgan fingerprint density at radius 3 is 1.91 bits per heavy atom. The second-order valence-corrected chi connectivity index (χ2v) is 12.1. The maximum atomic E-state index is 12.9. The Hall–Kier alpha value is -4.84. The summed E-state index contributed by atoms with van der Waals surface area (Å²) in [5, 5.41) is 16.4. The Morgan fingerprint density at radius 1 is 0.932 bits per heavy atom. The molecule has 0 aliphatic carbocycles. The van der Waals surface area contributed by atoms with E-state index in [0.29, 0.717) is 24.2 Å². The quantitative estimate of drug-likeness (QED) is 0.300. The van der Waals surface area contributed by atoms with Gasteiger partial charge in [0.25, 0.3) is 5.16 Å². The number of rotatable bonds is 7. The van der Waals surface area contributed by atoms with Crippen molar-refractivity contribution >= 4 is 27.5 Å². The van der Waals surface area contributed by atoms with Crippen LogP contribution in [-0.2, 0) is 25.1 Å². The van der Waals surface area contributed by atoms with Gasteiger partial charge in [0.15, 0.2) is 11.3 Å². The number of amides is 1. The van der Waals surface area contributed by atoms with Crippen LogP contribution >= 0.6 is 0 Å². The van der Waals surface area contributed by atoms with Gasteiger partial charge in [-0.15, -0.1) is 5.10 Å². The van der Waals surface area contributed by atoms with E-state index in [0.717, 1.165) is 27.7 Å². The average Bonchev–Trinajstić information content (AvgIpc) is 3.68. The zero-order chi connectivity index (χ0) is 32.1. The summed E-state index contributed by atoms with van der Waals surface area (Å²) in [4.78, 5) is 34.6. The van der Waals surface area contributed by atoms with Crippen molar-refractivity contribution in [3.05, 3.63) is 107 Å². The molecule has 5 rings (SSSR count). The van der Waals surface area contributed by atoms with Crippen molar-refractivity contribution in [3.8, 4) is 0 Å². The van der Waals surface area contributed by atoms with E-state index in [1.807, 2.05) is 81.4 Å². The van der Waals surface area contributed by atoms with Gasteiger partial charge in [0, 0.05) is 24.2 Å². The van der Waals surface area contributed by atoms with Gasteiger partial charge in [-0.3, -0.25) is 0 Å². The number of hydrogen-bond acceptors (Lipinski definition) is 8. The maximum Gasteiger partial charge on any atom is 0.353 e. The van der Waals surface area contributed by atoms with E-state index in [2.05, 4.69) is 15.2 Å². The molecular formula is C32H35N5O6S. The lowest BCUT2D eigenvalue weighted by Crippen LogP contribution is -2.34. The normalized spacial score (nSPS) is 13.7. The lowest BCUT2D eigenvalue weighted by molar-refractivity contribution is -0.129. The Balaban J connectivity index is 0.000000204. The van der Waals surface area contributed by atoms with Crippen LogP contribution in [0.1, 0.15) is 48.1 Å². The van der Waals surface area contributed by atoms with Crippen molar-refractivity contribution in [2.24, 2.45) is 5.16 Å².